The number of anilines is 2. The van der Waals surface area contributed by atoms with Crippen LogP contribution in [0.2, 0.25) is 0 Å². The molecule has 162 valence electrons. The molecular weight excluding hydrogens is 409 g/mol. The molecule has 2 aromatic heterocycles. The molecule has 10 heteroatoms. The Bertz CT molecular complexity index is 1090. The van der Waals surface area contributed by atoms with Gasteiger partial charge >= 0.3 is 6.18 Å². The summed E-state index contributed by atoms with van der Waals surface area (Å²) < 4.78 is 40.3. The molecule has 0 saturated carbocycles. The van der Waals surface area contributed by atoms with E-state index in [1.165, 1.54) is 0 Å². The molecule has 0 unspecified atom stereocenters. The van der Waals surface area contributed by atoms with Gasteiger partial charge in [-0.15, -0.1) is 0 Å². The summed E-state index contributed by atoms with van der Waals surface area (Å²) in [6.07, 6.45) is 2.04. The zero-order chi connectivity index (χ0) is 22.0. The van der Waals surface area contributed by atoms with Crippen molar-refractivity contribution in [1.82, 2.24) is 24.6 Å². The van der Waals surface area contributed by atoms with Gasteiger partial charge in [0.05, 0.1) is 6.20 Å². The van der Waals surface area contributed by atoms with Crippen LogP contribution in [0.25, 0.3) is 11.1 Å². The zero-order valence-corrected chi connectivity index (χ0v) is 16.9. The molecule has 0 aliphatic carbocycles. The molecule has 31 heavy (non-hydrogen) atoms. The number of benzene rings is 1. The van der Waals surface area contributed by atoms with Gasteiger partial charge in [0, 0.05) is 36.7 Å². The molecule has 1 aliphatic heterocycles. The maximum absolute atomic E-state index is 12.9. The molecule has 0 bridgehead atoms. The van der Waals surface area contributed by atoms with Gasteiger partial charge in [-0.25, -0.2) is 9.97 Å². The quantitative estimate of drug-likeness (QED) is 0.661. The molecule has 4 rings (SSSR count). The smallest absolute Gasteiger partial charge is 0.341 e. The molecule has 0 atom stereocenters. The minimum atomic E-state index is -4.54. The van der Waals surface area contributed by atoms with Crippen LogP contribution in [0, 0.1) is 6.92 Å². The van der Waals surface area contributed by atoms with Crippen LogP contribution < -0.4 is 5.32 Å². The van der Waals surface area contributed by atoms with Crippen molar-refractivity contribution in [1.29, 1.82) is 0 Å². The number of hydrogen-bond donors (Lipinski definition) is 1. The predicted octanol–water partition coefficient (Wildman–Crippen LogP) is 4.03. The molecule has 1 aliphatic rings. The fraction of sp³-hybridized carbons (Fsp3) is 0.333. The second-order valence-electron chi connectivity index (χ2n) is 7.49. The third kappa shape index (κ3) is 5.01. The van der Waals surface area contributed by atoms with Crippen LogP contribution in [0.3, 0.4) is 0 Å². The number of aryl methyl sites for hydroxylation is 1. The second kappa shape index (κ2) is 8.37. The monoisotopic (exact) mass is 430 g/mol. The van der Waals surface area contributed by atoms with E-state index in [2.05, 4.69) is 20.4 Å². The van der Waals surface area contributed by atoms with Gasteiger partial charge in [0.1, 0.15) is 12.2 Å². The molecule has 1 saturated heterocycles. The van der Waals surface area contributed by atoms with Crippen molar-refractivity contribution < 1.29 is 18.0 Å². The number of hydrogen-bond acceptors (Lipinski definition) is 5. The molecule has 7 nitrogen and oxygen atoms in total. The summed E-state index contributed by atoms with van der Waals surface area (Å²) >= 11 is 0. The van der Waals surface area contributed by atoms with Gasteiger partial charge in [0.2, 0.25) is 11.9 Å². The molecule has 3 aromatic rings. The summed E-state index contributed by atoms with van der Waals surface area (Å²) in [5.41, 5.74) is 2.05. The van der Waals surface area contributed by atoms with Gasteiger partial charge in [0.25, 0.3) is 0 Å². The first-order valence-corrected chi connectivity index (χ1v) is 9.87. The van der Waals surface area contributed by atoms with Crippen LogP contribution in [-0.2, 0) is 17.5 Å². The van der Waals surface area contributed by atoms with Crippen molar-refractivity contribution >= 4 is 17.5 Å². The Balaban J connectivity index is 1.52. The van der Waals surface area contributed by atoms with Gasteiger partial charge < -0.3 is 10.2 Å². The van der Waals surface area contributed by atoms with Gasteiger partial charge in [-0.05, 0) is 49.1 Å². The first-order valence-electron chi connectivity index (χ1n) is 9.87. The van der Waals surface area contributed by atoms with E-state index >= 15 is 0 Å². The Hall–Kier alpha value is -3.43. The van der Waals surface area contributed by atoms with Gasteiger partial charge in [-0.3, -0.25) is 9.48 Å². The average molecular weight is 430 g/mol. The highest BCUT2D eigenvalue weighted by Crippen LogP contribution is 2.29. The van der Waals surface area contributed by atoms with Crippen LogP contribution in [0.5, 0.6) is 0 Å². The molecule has 1 N–H and O–H groups in total. The lowest BCUT2D eigenvalue weighted by atomic mass is 10.1. The van der Waals surface area contributed by atoms with Gasteiger partial charge in [-0.1, -0.05) is 6.07 Å². The molecule has 1 aromatic carbocycles. The van der Waals surface area contributed by atoms with E-state index in [0.717, 1.165) is 54.9 Å². The van der Waals surface area contributed by atoms with Crippen LogP contribution in [0.4, 0.5) is 24.8 Å². The van der Waals surface area contributed by atoms with Crippen LogP contribution in [-0.4, -0.2) is 43.6 Å². The van der Waals surface area contributed by atoms with Crippen molar-refractivity contribution in [2.24, 2.45) is 0 Å². The Morgan fingerprint density at radius 2 is 1.94 bits per heavy atom. The highest BCUT2D eigenvalue weighted by Gasteiger charge is 2.32. The number of nitrogens with zero attached hydrogens (tertiary/aromatic N) is 5. The number of halogens is 3. The lowest BCUT2D eigenvalue weighted by Crippen LogP contribution is -2.31. The Labute approximate surface area is 176 Å². The highest BCUT2D eigenvalue weighted by atomic mass is 19.4. The first kappa shape index (κ1) is 20.8. The average Bonchev–Trinajstić information content (AvgIpc) is 3.39. The highest BCUT2D eigenvalue weighted by molar-refractivity contribution is 5.76. The second-order valence-corrected chi connectivity index (χ2v) is 7.49. The van der Waals surface area contributed by atoms with E-state index in [1.807, 2.05) is 17.9 Å². The fourth-order valence-electron chi connectivity index (χ4n) is 3.53. The zero-order valence-electron chi connectivity index (χ0n) is 16.9. The normalized spacial score (nSPS) is 14.1. The maximum Gasteiger partial charge on any atom is 0.433 e. The van der Waals surface area contributed by atoms with Crippen molar-refractivity contribution in [3.05, 3.63) is 54.1 Å². The van der Waals surface area contributed by atoms with Crippen molar-refractivity contribution in [2.45, 2.75) is 32.5 Å². The number of amides is 1. The van der Waals surface area contributed by atoms with Crippen molar-refractivity contribution in [2.75, 3.05) is 18.4 Å². The number of aromatic nitrogens is 4. The first-order chi connectivity index (χ1) is 14.8. The number of alkyl halides is 3. The lowest BCUT2D eigenvalue weighted by Gasteiger charge is -2.14. The SMILES string of the molecule is Cc1cc(Nc2nccc(C(F)(F)F)n2)cc(-c2cnn(CC(=O)N3CCCC3)c2)c1. The summed E-state index contributed by atoms with van der Waals surface area (Å²) in [4.78, 5) is 21.6. The Kier molecular flexibility index (Phi) is 5.62. The molecule has 0 radical (unpaired) electrons. The van der Waals surface area contributed by atoms with Gasteiger partial charge in [0.15, 0.2) is 0 Å². The molecular formula is C21H21F3N6O. The van der Waals surface area contributed by atoms with E-state index in [-0.39, 0.29) is 18.4 Å². The number of likely N-dealkylation sites (tertiary alicyclic amines) is 1. The summed E-state index contributed by atoms with van der Waals surface area (Å²) in [5, 5.41) is 7.12. The summed E-state index contributed by atoms with van der Waals surface area (Å²) in [5.74, 6) is -0.0984. The van der Waals surface area contributed by atoms with Crippen LogP contribution in [0.1, 0.15) is 24.1 Å². The van der Waals surface area contributed by atoms with Gasteiger partial charge in [-0.2, -0.15) is 18.3 Å². The molecule has 0 spiro atoms. The maximum atomic E-state index is 12.9. The molecule has 3 heterocycles. The molecule has 1 amide bonds. The third-order valence-corrected chi connectivity index (χ3v) is 5.00. The van der Waals surface area contributed by atoms with E-state index < -0.39 is 11.9 Å². The Morgan fingerprint density at radius 3 is 2.68 bits per heavy atom. The minimum absolute atomic E-state index is 0.0421. The predicted molar refractivity (Wildman–Crippen MR) is 109 cm³/mol. The fourth-order valence-corrected chi connectivity index (χ4v) is 3.53. The summed E-state index contributed by atoms with van der Waals surface area (Å²) in [6.45, 7) is 3.63. The lowest BCUT2D eigenvalue weighted by molar-refractivity contribution is -0.141. The van der Waals surface area contributed by atoms with E-state index in [0.29, 0.717) is 5.69 Å². The number of carbonyl (C=O) groups is 1. The molecule has 1 fully saturated rings. The van der Waals surface area contributed by atoms with E-state index in [9.17, 15) is 18.0 Å². The van der Waals surface area contributed by atoms with Crippen molar-refractivity contribution in [3.63, 3.8) is 0 Å². The third-order valence-electron chi connectivity index (χ3n) is 5.00. The minimum Gasteiger partial charge on any atom is -0.341 e. The number of nitrogens with one attached hydrogen (secondary N) is 1. The summed E-state index contributed by atoms with van der Waals surface area (Å²) in [6, 6.07) is 6.32. The van der Waals surface area contributed by atoms with E-state index in [4.69, 9.17) is 0 Å². The summed E-state index contributed by atoms with van der Waals surface area (Å²) in [7, 11) is 0. The Morgan fingerprint density at radius 1 is 1.16 bits per heavy atom. The number of rotatable bonds is 5. The standard InChI is InChI=1S/C21H21F3N6O/c1-14-8-15(16-11-26-30(12-16)13-19(31)29-6-2-3-7-29)10-17(9-14)27-20-25-5-4-18(28-20)21(22,23)24/h4-5,8-12H,2-3,6-7,13H2,1H3,(H,25,27,28). The van der Waals surface area contributed by atoms with Crippen molar-refractivity contribution in [3.8, 4) is 11.1 Å². The van der Waals surface area contributed by atoms with E-state index in [1.54, 1.807) is 29.2 Å². The van der Waals surface area contributed by atoms with Crippen LogP contribution in [0.15, 0.2) is 42.9 Å². The topological polar surface area (TPSA) is 75.9 Å². The number of carbonyl (C=O) groups excluding carboxylic acids is 1. The van der Waals surface area contributed by atoms with Crippen LogP contribution >= 0.6 is 0 Å². The largest absolute Gasteiger partial charge is 0.433 e.